The van der Waals surface area contributed by atoms with E-state index in [1.165, 1.54) is 17.4 Å². The van der Waals surface area contributed by atoms with Gasteiger partial charge in [-0.2, -0.15) is 0 Å². The van der Waals surface area contributed by atoms with Gasteiger partial charge in [-0.15, -0.1) is 0 Å². The average molecular weight is 402 g/mol. The van der Waals surface area contributed by atoms with Crippen molar-refractivity contribution in [2.24, 2.45) is 0 Å². The first-order valence-electron chi connectivity index (χ1n) is 8.99. The lowest BCUT2D eigenvalue weighted by Crippen LogP contribution is -2.48. The maximum absolute atomic E-state index is 13.9. The smallest absolute Gasteiger partial charge is 0.253 e. The van der Waals surface area contributed by atoms with Crippen LogP contribution in [0.25, 0.3) is 10.2 Å². The Morgan fingerprint density at radius 1 is 1.07 bits per heavy atom. The summed E-state index contributed by atoms with van der Waals surface area (Å²) in [7, 11) is 3.91. The summed E-state index contributed by atoms with van der Waals surface area (Å²) in [6.45, 7) is 2.32. The lowest BCUT2D eigenvalue weighted by molar-refractivity contribution is 0.0747. The third-order valence-corrected chi connectivity index (χ3v) is 5.93. The third-order valence-electron chi connectivity index (χ3n) is 4.87. The molecule has 0 atom stereocenters. The molecule has 5 nitrogen and oxygen atoms in total. The van der Waals surface area contributed by atoms with Crippen LogP contribution < -0.4 is 9.80 Å². The summed E-state index contributed by atoms with van der Waals surface area (Å²) < 4.78 is 27.8. The normalized spacial score (nSPS) is 14.6. The maximum Gasteiger partial charge on any atom is 0.253 e. The minimum atomic E-state index is -0.646. The van der Waals surface area contributed by atoms with Crippen molar-refractivity contribution in [2.75, 3.05) is 50.1 Å². The number of aromatic nitrogens is 1. The fraction of sp³-hybridized carbons (Fsp3) is 0.300. The number of carbonyl (C=O) groups is 1. The Labute approximate surface area is 165 Å². The molecule has 8 heteroatoms. The van der Waals surface area contributed by atoms with Crippen molar-refractivity contribution in [3.8, 4) is 0 Å². The summed E-state index contributed by atoms with van der Waals surface area (Å²) in [4.78, 5) is 22.9. The summed E-state index contributed by atoms with van der Waals surface area (Å²) in [6.07, 6.45) is 0. The Kier molecular flexibility index (Phi) is 4.89. The minimum Gasteiger partial charge on any atom is -0.378 e. The van der Waals surface area contributed by atoms with Crippen LogP contribution in [-0.4, -0.2) is 56.1 Å². The van der Waals surface area contributed by atoms with E-state index in [4.69, 9.17) is 0 Å². The molecule has 0 N–H and O–H groups in total. The number of anilines is 2. The quantitative estimate of drug-likeness (QED) is 0.671. The minimum absolute atomic E-state index is 0.00220. The molecule has 1 aliphatic rings. The Balaban J connectivity index is 1.44. The number of thiazole rings is 1. The third kappa shape index (κ3) is 3.52. The molecule has 2 heterocycles. The Bertz CT molecular complexity index is 1010. The van der Waals surface area contributed by atoms with Gasteiger partial charge < -0.3 is 14.7 Å². The number of amides is 1. The number of hydrogen-bond acceptors (Lipinski definition) is 5. The van der Waals surface area contributed by atoms with Crippen molar-refractivity contribution in [2.45, 2.75) is 0 Å². The van der Waals surface area contributed by atoms with E-state index < -0.39 is 11.6 Å². The van der Waals surface area contributed by atoms with E-state index in [0.717, 1.165) is 11.8 Å². The molecule has 1 aliphatic heterocycles. The zero-order valence-corrected chi connectivity index (χ0v) is 16.5. The summed E-state index contributed by atoms with van der Waals surface area (Å²) >= 11 is 1.27. The molecular formula is C20H20F2N4OS. The van der Waals surface area contributed by atoms with Crippen molar-refractivity contribution in [3.05, 3.63) is 53.6 Å². The molecule has 0 saturated carbocycles. The molecule has 4 rings (SSSR count). The summed E-state index contributed by atoms with van der Waals surface area (Å²) in [5.74, 6) is -1.24. The molecule has 0 spiro atoms. The van der Waals surface area contributed by atoms with Crippen molar-refractivity contribution in [1.82, 2.24) is 9.88 Å². The number of carbonyl (C=O) groups excluding carboxylic acids is 1. The monoisotopic (exact) mass is 402 g/mol. The van der Waals surface area contributed by atoms with Crippen LogP contribution in [0.2, 0.25) is 0 Å². The van der Waals surface area contributed by atoms with Gasteiger partial charge in [0, 0.05) is 57.6 Å². The lowest BCUT2D eigenvalue weighted by Gasteiger charge is -2.34. The Hall–Kier alpha value is -2.74. The number of benzene rings is 2. The van der Waals surface area contributed by atoms with Crippen LogP contribution >= 0.6 is 11.3 Å². The highest BCUT2D eigenvalue weighted by Crippen LogP contribution is 2.31. The summed E-state index contributed by atoms with van der Waals surface area (Å²) in [6, 6.07) is 9.70. The van der Waals surface area contributed by atoms with Gasteiger partial charge in [0.1, 0.15) is 11.3 Å². The van der Waals surface area contributed by atoms with Gasteiger partial charge in [-0.3, -0.25) is 4.79 Å². The van der Waals surface area contributed by atoms with Gasteiger partial charge >= 0.3 is 0 Å². The van der Waals surface area contributed by atoms with E-state index in [0.29, 0.717) is 41.6 Å². The topological polar surface area (TPSA) is 39.7 Å². The van der Waals surface area contributed by atoms with Gasteiger partial charge in [0.05, 0.1) is 4.70 Å². The van der Waals surface area contributed by atoms with E-state index in [9.17, 15) is 13.6 Å². The van der Waals surface area contributed by atoms with E-state index in [-0.39, 0.29) is 11.4 Å². The molecule has 2 aromatic carbocycles. The van der Waals surface area contributed by atoms with Gasteiger partial charge in [0.15, 0.2) is 10.9 Å². The molecule has 146 valence electrons. The van der Waals surface area contributed by atoms with Crippen LogP contribution in [0, 0.1) is 11.6 Å². The van der Waals surface area contributed by atoms with E-state index in [1.807, 2.05) is 53.1 Å². The maximum atomic E-state index is 13.9. The highest BCUT2D eigenvalue weighted by Gasteiger charge is 2.24. The number of rotatable bonds is 3. The predicted octanol–water partition coefficient (Wildman–Crippen LogP) is 3.60. The summed E-state index contributed by atoms with van der Waals surface area (Å²) in [5.41, 5.74) is 1.90. The standard InChI is InChI=1S/C20H20F2N4OS/c1-24(2)15-5-3-13(4-6-15)19(27)25-7-9-26(10-8-25)20-23-18-16(22)11-14(21)12-17(18)28-20/h3-6,11-12H,7-10H2,1-2H3. The molecule has 1 fully saturated rings. The molecule has 0 aliphatic carbocycles. The second kappa shape index (κ2) is 7.35. The number of halogens is 2. The number of hydrogen-bond donors (Lipinski definition) is 0. The first-order valence-corrected chi connectivity index (χ1v) is 9.81. The van der Waals surface area contributed by atoms with Crippen LogP contribution in [0.5, 0.6) is 0 Å². The largest absolute Gasteiger partial charge is 0.378 e. The SMILES string of the molecule is CN(C)c1ccc(C(=O)N2CCN(c3nc4c(F)cc(F)cc4s3)CC2)cc1. The predicted molar refractivity (Wildman–Crippen MR) is 108 cm³/mol. The van der Waals surface area contributed by atoms with Crippen molar-refractivity contribution in [3.63, 3.8) is 0 Å². The Morgan fingerprint density at radius 3 is 2.39 bits per heavy atom. The highest BCUT2D eigenvalue weighted by molar-refractivity contribution is 7.22. The van der Waals surface area contributed by atoms with Gasteiger partial charge in [0.25, 0.3) is 5.91 Å². The number of fused-ring (bicyclic) bond motifs is 1. The van der Waals surface area contributed by atoms with Crippen LogP contribution in [0.15, 0.2) is 36.4 Å². The zero-order chi connectivity index (χ0) is 19.8. The zero-order valence-electron chi connectivity index (χ0n) is 15.7. The molecule has 28 heavy (non-hydrogen) atoms. The molecule has 0 bridgehead atoms. The second-order valence-corrected chi connectivity index (χ2v) is 7.96. The van der Waals surface area contributed by atoms with Crippen LogP contribution in [-0.2, 0) is 0 Å². The fourth-order valence-corrected chi connectivity index (χ4v) is 4.32. The van der Waals surface area contributed by atoms with Gasteiger partial charge in [-0.25, -0.2) is 13.8 Å². The van der Waals surface area contributed by atoms with Gasteiger partial charge in [0.2, 0.25) is 0 Å². The number of piperazine rings is 1. The second-order valence-electron chi connectivity index (χ2n) is 6.95. The molecular weight excluding hydrogens is 382 g/mol. The average Bonchev–Trinajstić information content (AvgIpc) is 3.12. The van der Waals surface area contributed by atoms with Gasteiger partial charge in [-0.1, -0.05) is 11.3 Å². The van der Waals surface area contributed by atoms with Gasteiger partial charge in [-0.05, 0) is 30.3 Å². The summed E-state index contributed by atoms with van der Waals surface area (Å²) in [5, 5.41) is 0.655. The van der Waals surface area contributed by atoms with Crippen molar-refractivity contribution >= 4 is 38.3 Å². The van der Waals surface area contributed by atoms with Crippen LogP contribution in [0.3, 0.4) is 0 Å². The van der Waals surface area contributed by atoms with E-state index in [2.05, 4.69) is 4.98 Å². The lowest BCUT2D eigenvalue weighted by atomic mass is 10.1. The molecule has 1 saturated heterocycles. The molecule has 3 aromatic rings. The molecule has 0 unspecified atom stereocenters. The molecule has 0 radical (unpaired) electrons. The van der Waals surface area contributed by atoms with E-state index in [1.54, 1.807) is 0 Å². The van der Waals surface area contributed by atoms with Crippen molar-refractivity contribution in [1.29, 1.82) is 0 Å². The van der Waals surface area contributed by atoms with E-state index >= 15 is 0 Å². The number of nitrogens with zero attached hydrogens (tertiary/aromatic N) is 4. The molecule has 1 aromatic heterocycles. The Morgan fingerprint density at radius 2 is 1.75 bits per heavy atom. The highest BCUT2D eigenvalue weighted by atomic mass is 32.1. The van der Waals surface area contributed by atoms with Crippen LogP contribution in [0.1, 0.15) is 10.4 Å². The molecule has 1 amide bonds. The first-order chi connectivity index (χ1) is 13.4. The van der Waals surface area contributed by atoms with Crippen LogP contribution in [0.4, 0.5) is 19.6 Å². The first kappa shape index (κ1) is 18.6. The fourth-order valence-electron chi connectivity index (χ4n) is 3.27. The van der Waals surface area contributed by atoms with Crippen molar-refractivity contribution < 1.29 is 13.6 Å².